The number of hydrogen-bond acceptors (Lipinski definition) is 4. The molecule has 4 nitrogen and oxygen atoms in total. The average Bonchev–Trinajstić information content (AvgIpc) is 2.71. The number of aromatic nitrogens is 1. The zero-order chi connectivity index (χ0) is 11.7. The van der Waals surface area contributed by atoms with Crippen molar-refractivity contribution in [3.63, 3.8) is 0 Å². The summed E-state index contributed by atoms with van der Waals surface area (Å²) in [4.78, 5) is 4.23. The lowest BCUT2D eigenvalue weighted by Gasteiger charge is -1.98. The van der Waals surface area contributed by atoms with Crippen LogP contribution >= 0.6 is 0 Å². The van der Waals surface area contributed by atoms with E-state index in [1.54, 1.807) is 18.2 Å². The molecule has 0 aliphatic heterocycles. The molecule has 0 spiro atoms. The second kappa shape index (κ2) is 3.83. The van der Waals surface area contributed by atoms with E-state index < -0.39 is 0 Å². The lowest BCUT2D eigenvalue weighted by molar-refractivity contribution is 0.476. The van der Waals surface area contributed by atoms with E-state index in [4.69, 9.17) is 4.42 Å². The second-order valence-corrected chi connectivity index (χ2v) is 3.66. The van der Waals surface area contributed by atoms with Crippen LogP contribution in [0.2, 0.25) is 0 Å². The molecule has 2 aromatic carbocycles. The van der Waals surface area contributed by atoms with Crippen LogP contribution in [0.1, 0.15) is 0 Å². The Bertz CT molecular complexity index is 647. The van der Waals surface area contributed by atoms with E-state index in [0.717, 1.165) is 5.69 Å². The number of fused-ring (bicyclic) bond motifs is 1. The Labute approximate surface area is 97.5 Å². The summed E-state index contributed by atoms with van der Waals surface area (Å²) in [6.07, 6.45) is 0. The fraction of sp³-hybridized carbons (Fsp3) is 0. The molecule has 0 saturated heterocycles. The molecule has 0 aliphatic carbocycles. The van der Waals surface area contributed by atoms with Crippen molar-refractivity contribution >= 4 is 22.8 Å². The molecule has 2 N–H and O–H groups in total. The monoisotopic (exact) mass is 226 g/mol. The quantitative estimate of drug-likeness (QED) is 0.704. The summed E-state index contributed by atoms with van der Waals surface area (Å²) < 4.78 is 5.49. The number of nitrogens with zero attached hydrogens (tertiary/aromatic N) is 1. The molecule has 0 saturated carbocycles. The van der Waals surface area contributed by atoms with E-state index >= 15 is 0 Å². The van der Waals surface area contributed by atoms with Crippen LogP contribution in [0.25, 0.3) is 11.1 Å². The number of nitrogens with one attached hydrogen (secondary N) is 1. The average molecular weight is 226 g/mol. The zero-order valence-electron chi connectivity index (χ0n) is 8.92. The molecule has 3 rings (SSSR count). The van der Waals surface area contributed by atoms with Gasteiger partial charge in [-0.25, -0.2) is 0 Å². The number of para-hydroxylation sites is 1. The Morgan fingerprint density at radius 3 is 2.71 bits per heavy atom. The van der Waals surface area contributed by atoms with E-state index in [1.165, 1.54) is 0 Å². The Morgan fingerprint density at radius 2 is 1.88 bits per heavy atom. The summed E-state index contributed by atoms with van der Waals surface area (Å²) in [6.45, 7) is 0. The van der Waals surface area contributed by atoms with Crippen LogP contribution in [0.3, 0.4) is 0 Å². The van der Waals surface area contributed by atoms with Crippen LogP contribution < -0.4 is 5.32 Å². The molecule has 17 heavy (non-hydrogen) atoms. The summed E-state index contributed by atoms with van der Waals surface area (Å²) >= 11 is 0. The maximum Gasteiger partial charge on any atom is 0.300 e. The fourth-order valence-corrected chi connectivity index (χ4v) is 1.61. The van der Waals surface area contributed by atoms with Crippen LogP contribution in [0.15, 0.2) is 52.9 Å². The lowest BCUT2D eigenvalue weighted by atomic mass is 10.3. The van der Waals surface area contributed by atoms with Gasteiger partial charge in [0.15, 0.2) is 5.58 Å². The SMILES string of the molecule is Oc1ccc2oc(Nc3ccccc3)nc2c1. The Hall–Kier alpha value is -2.49. The first kappa shape index (κ1) is 9.72. The van der Waals surface area contributed by atoms with Gasteiger partial charge in [-0.05, 0) is 24.3 Å². The Kier molecular flexibility index (Phi) is 2.19. The summed E-state index contributed by atoms with van der Waals surface area (Å²) in [7, 11) is 0. The predicted molar refractivity (Wildman–Crippen MR) is 65.4 cm³/mol. The van der Waals surface area contributed by atoms with Crippen molar-refractivity contribution in [2.24, 2.45) is 0 Å². The van der Waals surface area contributed by atoms with Crippen LogP contribution in [0.5, 0.6) is 5.75 Å². The number of phenolic OH excluding ortho intramolecular Hbond substituents is 1. The number of anilines is 2. The summed E-state index contributed by atoms with van der Waals surface area (Å²) in [6, 6.07) is 14.9. The van der Waals surface area contributed by atoms with Crippen molar-refractivity contribution in [1.29, 1.82) is 0 Å². The molecule has 1 heterocycles. The van der Waals surface area contributed by atoms with Gasteiger partial charge in [-0.15, -0.1) is 0 Å². The van der Waals surface area contributed by atoms with Gasteiger partial charge in [0.1, 0.15) is 11.3 Å². The van der Waals surface area contributed by atoms with Gasteiger partial charge in [0.05, 0.1) is 0 Å². The van der Waals surface area contributed by atoms with Crippen LogP contribution in [0, 0.1) is 0 Å². The Morgan fingerprint density at radius 1 is 1.06 bits per heavy atom. The third-order valence-corrected chi connectivity index (χ3v) is 2.40. The molecule has 0 aliphatic rings. The zero-order valence-corrected chi connectivity index (χ0v) is 8.92. The molecular formula is C13H10N2O2. The largest absolute Gasteiger partial charge is 0.508 e. The van der Waals surface area contributed by atoms with Gasteiger partial charge in [-0.2, -0.15) is 4.98 Å². The molecular weight excluding hydrogens is 216 g/mol. The molecule has 3 aromatic rings. The van der Waals surface area contributed by atoms with Crippen molar-refractivity contribution in [1.82, 2.24) is 4.98 Å². The predicted octanol–water partition coefficient (Wildman–Crippen LogP) is 3.28. The number of aromatic hydroxyl groups is 1. The number of hydrogen-bond donors (Lipinski definition) is 2. The summed E-state index contributed by atoms with van der Waals surface area (Å²) in [5.41, 5.74) is 2.17. The first-order chi connectivity index (χ1) is 8.31. The van der Waals surface area contributed by atoms with E-state index in [0.29, 0.717) is 17.1 Å². The van der Waals surface area contributed by atoms with Gasteiger partial charge in [0.2, 0.25) is 0 Å². The highest BCUT2D eigenvalue weighted by Crippen LogP contribution is 2.24. The minimum Gasteiger partial charge on any atom is -0.508 e. The highest BCUT2D eigenvalue weighted by Gasteiger charge is 2.06. The normalized spacial score (nSPS) is 10.6. The van der Waals surface area contributed by atoms with Crippen molar-refractivity contribution in [2.45, 2.75) is 0 Å². The number of rotatable bonds is 2. The second-order valence-electron chi connectivity index (χ2n) is 3.66. The number of oxazole rings is 1. The van der Waals surface area contributed by atoms with Crippen LogP contribution in [-0.4, -0.2) is 10.1 Å². The third kappa shape index (κ3) is 1.92. The highest BCUT2D eigenvalue weighted by atomic mass is 16.4. The van der Waals surface area contributed by atoms with E-state index in [9.17, 15) is 5.11 Å². The standard InChI is InChI=1S/C13H10N2O2/c16-10-6-7-12-11(8-10)15-13(17-12)14-9-4-2-1-3-5-9/h1-8,16H,(H,14,15). The minimum absolute atomic E-state index is 0.178. The number of phenols is 1. The van der Waals surface area contributed by atoms with Gasteiger partial charge >= 0.3 is 0 Å². The Balaban J connectivity index is 1.96. The van der Waals surface area contributed by atoms with Gasteiger partial charge in [0.25, 0.3) is 6.01 Å². The van der Waals surface area contributed by atoms with E-state index in [1.807, 2.05) is 30.3 Å². The highest BCUT2D eigenvalue weighted by molar-refractivity contribution is 5.76. The summed E-state index contributed by atoms with van der Waals surface area (Å²) in [5.74, 6) is 0.178. The van der Waals surface area contributed by atoms with Gasteiger partial charge in [-0.3, -0.25) is 0 Å². The van der Waals surface area contributed by atoms with Gasteiger partial charge < -0.3 is 14.8 Å². The molecule has 0 unspecified atom stereocenters. The van der Waals surface area contributed by atoms with E-state index in [-0.39, 0.29) is 5.75 Å². The first-order valence-electron chi connectivity index (χ1n) is 5.23. The lowest BCUT2D eigenvalue weighted by Crippen LogP contribution is -1.88. The maximum absolute atomic E-state index is 9.33. The number of benzene rings is 2. The molecule has 1 aromatic heterocycles. The van der Waals surface area contributed by atoms with E-state index in [2.05, 4.69) is 10.3 Å². The molecule has 84 valence electrons. The topological polar surface area (TPSA) is 58.3 Å². The van der Waals surface area contributed by atoms with Gasteiger partial charge in [0, 0.05) is 11.8 Å². The molecule has 4 heteroatoms. The third-order valence-electron chi connectivity index (χ3n) is 2.40. The molecule has 0 radical (unpaired) electrons. The van der Waals surface area contributed by atoms with Crippen molar-refractivity contribution in [2.75, 3.05) is 5.32 Å². The molecule has 0 fully saturated rings. The van der Waals surface area contributed by atoms with Crippen LogP contribution in [0.4, 0.5) is 11.7 Å². The smallest absolute Gasteiger partial charge is 0.300 e. The molecule has 0 bridgehead atoms. The van der Waals surface area contributed by atoms with Crippen molar-refractivity contribution in [3.8, 4) is 5.75 Å². The van der Waals surface area contributed by atoms with Crippen molar-refractivity contribution in [3.05, 3.63) is 48.5 Å². The summed E-state index contributed by atoms with van der Waals surface area (Å²) in [5, 5.41) is 12.4. The van der Waals surface area contributed by atoms with Crippen LogP contribution in [-0.2, 0) is 0 Å². The fourth-order valence-electron chi connectivity index (χ4n) is 1.61. The maximum atomic E-state index is 9.33. The molecule has 0 atom stereocenters. The van der Waals surface area contributed by atoms with Gasteiger partial charge in [-0.1, -0.05) is 18.2 Å². The van der Waals surface area contributed by atoms with Crippen molar-refractivity contribution < 1.29 is 9.52 Å². The molecule has 0 amide bonds. The first-order valence-corrected chi connectivity index (χ1v) is 5.23. The minimum atomic E-state index is 0.178.